The molecule has 0 radical (unpaired) electrons. The molecule has 21 heavy (non-hydrogen) atoms. The minimum atomic E-state index is -0.0106. The van der Waals surface area contributed by atoms with E-state index >= 15 is 0 Å². The average molecular weight is 285 g/mol. The summed E-state index contributed by atoms with van der Waals surface area (Å²) in [5, 5.41) is 7.48. The van der Waals surface area contributed by atoms with Gasteiger partial charge < -0.3 is 14.6 Å². The first-order chi connectivity index (χ1) is 10.3. The maximum absolute atomic E-state index is 5.78. The second kappa shape index (κ2) is 5.24. The molecule has 1 N–H and O–H groups in total. The highest BCUT2D eigenvalue weighted by Crippen LogP contribution is 2.42. The molecule has 1 aromatic heterocycles. The van der Waals surface area contributed by atoms with Gasteiger partial charge in [-0.2, -0.15) is 4.98 Å². The molecule has 1 atom stereocenters. The van der Waals surface area contributed by atoms with Crippen molar-refractivity contribution < 1.29 is 9.26 Å². The van der Waals surface area contributed by atoms with Crippen LogP contribution in [0, 0.1) is 5.92 Å². The maximum Gasteiger partial charge on any atom is 0.258 e. The van der Waals surface area contributed by atoms with Crippen LogP contribution in [0.4, 0.5) is 0 Å². The van der Waals surface area contributed by atoms with E-state index in [0.717, 1.165) is 18.7 Å². The van der Waals surface area contributed by atoms with Gasteiger partial charge in [0.15, 0.2) is 0 Å². The first-order valence-corrected chi connectivity index (χ1v) is 7.63. The third-order valence-corrected chi connectivity index (χ3v) is 4.18. The van der Waals surface area contributed by atoms with E-state index in [0.29, 0.717) is 24.2 Å². The molecule has 1 aromatic carbocycles. The summed E-state index contributed by atoms with van der Waals surface area (Å²) < 4.78 is 11.2. The van der Waals surface area contributed by atoms with Crippen LogP contribution in [-0.2, 0) is 17.8 Å². The number of hydrogen-bond acceptors (Lipinski definition) is 5. The molecular formula is C16H19N3O2. The van der Waals surface area contributed by atoms with E-state index in [1.165, 1.54) is 24.0 Å². The van der Waals surface area contributed by atoms with Gasteiger partial charge in [-0.3, -0.25) is 0 Å². The van der Waals surface area contributed by atoms with Gasteiger partial charge >= 0.3 is 0 Å². The van der Waals surface area contributed by atoms with Gasteiger partial charge in [-0.05, 0) is 48.9 Å². The van der Waals surface area contributed by atoms with Gasteiger partial charge in [0.1, 0.15) is 6.10 Å². The standard InChI is InChI=1S/C16H19N3O2/c1-2-20-14(10-3-4-10)15-18-16(21-19-15)11-5-6-12-8-17-9-13(12)7-11/h5-7,10,14,17H,2-4,8-9H2,1H3. The Kier molecular flexibility index (Phi) is 3.24. The molecule has 2 aromatic rings. The predicted molar refractivity (Wildman–Crippen MR) is 77.4 cm³/mol. The largest absolute Gasteiger partial charge is 0.370 e. The third kappa shape index (κ3) is 2.47. The van der Waals surface area contributed by atoms with Crippen LogP contribution >= 0.6 is 0 Å². The Bertz CT molecular complexity index is 649. The minimum absolute atomic E-state index is 0.0106. The Balaban J connectivity index is 1.61. The Labute approximate surface area is 123 Å². The maximum atomic E-state index is 5.78. The predicted octanol–water partition coefficient (Wildman–Crippen LogP) is 2.83. The SMILES string of the molecule is CCOC(c1noc(-c2ccc3c(c2)CNC3)n1)C1CC1. The molecule has 0 amide bonds. The van der Waals surface area contributed by atoms with Gasteiger partial charge in [0.2, 0.25) is 5.82 Å². The highest BCUT2D eigenvalue weighted by molar-refractivity contribution is 5.56. The van der Waals surface area contributed by atoms with Crippen LogP contribution in [-0.4, -0.2) is 16.7 Å². The number of nitrogens with zero attached hydrogens (tertiary/aromatic N) is 2. The minimum Gasteiger partial charge on any atom is -0.370 e. The number of hydrogen-bond donors (Lipinski definition) is 1. The van der Waals surface area contributed by atoms with Crippen molar-refractivity contribution in [1.82, 2.24) is 15.5 Å². The van der Waals surface area contributed by atoms with Crippen LogP contribution in [0.25, 0.3) is 11.5 Å². The van der Waals surface area contributed by atoms with Crippen LogP contribution in [0.5, 0.6) is 0 Å². The number of fused-ring (bicyclic) bond motifs is 1. The normalized spacial score (nSPS) is 18.7. The van der Waals surface area contributed by atoms with E-state index in [9.17, 15) is 0 Å². The van der Waals surface area contributed by atoms with Crippen molar-refractivity contribution in [3.63, 3.8) is 0 Å². The van der Waals surface area contributed by atoms with E-state index in [4.69, 9.17) is 9.26 Å². The summed E-state index contributed by atoms with van der Waals surface area (Å²) in [6.07, 6.45) is 2.38. The number of ether oxygens (including phenoxy) is 1. The van der Waals surface area contributed by atoms with Gasteiger partial charge in [0, 0.05) is 25.3 Å². The Hall–Kier alpha value is -1.72. The van der Waals surface area contributed by atoms with Gasteiger partial charge in [-0.1, -0.05) is 11.2 Å². The first kappa shape index (κ1) is 13.0. The van der Waals surface area contributed by atoms with Crippen LogP contribution in [0.15, 0.2) is 22.7 Å². The van der Waals surface area contributed by atoms with E-state index in [-0.39, 0.29) is 6.10 Å². The lowest BCUT2D eigenvalue weighted by molar-refractivity contribution is 0.0385. The molecule has 1 fully saturated rings. The summed E-state index contributed by atoms with van der Waals surface area (Å²) >= 11 is 0. The molecule has 110 valence electrons. The first-order valence-electron chi connectivity index (χ1n) is 7.63. The van der Waals surface area contributed by atoms with Crippen LogP contribution < -0.4 is 5.32 Å². The molecule has 5 heteroatoms. The molecule has 0 spiro atoms. The zero-order valence-corrected chi connectivity index (χ0v) is 12.1. The molecule has 1 saturated carbocycles. The molecule has 5 nitrogen and oxygen atoms in total. The van der Waals surface area contributed by atoms with E-state index < -0.39 is 0 Å². The number of aromatic nitrogens is 2. The fourth-order valence-corrected chi connectivity index (χ4v) is 2.90. The van der Waals surface area contributed by atoms with Crippen molar-refractivity contribution in [3.05, 3.63) is 35.2 Å². The van der Waals surface area contributed by atoms with Crippen LogP contribution in [0.3, 0.4) is 0 Å². The van der Waals surface area contributed by atoms with Crippen molar-refractivity contribution in [3.8, 4) is 11.5 Å². The molecule has 2 heterocycles. The van der Waals surface area contributed by atoms with E-state index in [1.807, 2.05) is 6.92 Å². The van der Waals surface area contributed by atoms with Crippen molar-refractivity contribution in [1.29, 1.82) is 0 Å². The molecule has 1 aliphatic carbocycles. The summed E-state index contributed by atoms with van der Waals surface area (Å²) in [6, 6.07) is 6.32. The fourth-order valence-electron chi connectivity index (χ4n) is 2.90. The fraction of sp³-hybridized carbons (Fsp3) is 0.500. The lowest BCUT2D eigenvalue weighted by atomic mass is 10.1. The van der Waals surface area contributed by atoms with Gasteiger partial charge in [-0.15, -0.1) is 0 Å². The zero-order chi connectivity index (χ0) is 14.2. The lowest BCUT2D eigenvalue weighted by Gasteiger charge is -2.10. The number of benzene rings is 1. The highest BCUT2D eigenvalue weighted by atomic mass is 16.5. The summed E-state index contributed by atoms with van der Waals surface area (Å²) in [7, 11) is 0. The molecule has 2 aliphatic rings. The van der Waals surface area contributed by atoms with Crippen molar-refractivity contribution in [2.75, 3.05) is 6.61 Å². The van der Waals surface area contributed by atoms with E-state index in [2.05, 4.69) is 33.7 Å². The number of nitrogens with one attached hydrogen (secondary N) is 1. The topological polar surface area (TPSA) is 60.2 Å². The molecule has 1 unspecified atom stereocenters. The second-order valence-electron chi connectivity index (χ2n) is 5.76. The molecule has 0 saturated heterocycles. The second-order valence-corrected chi connectivity index (χ2v) is 5.76. The van der Waals surface area contributed by atoms with Crippen molar-refractivity contribution in [2.45, 2.75) is 39.0 Å². The monoisotopic (exact) mass is 285 g/mol. The van der Waals surface area contributed by atoms with Gasteiger partial charge in [0.05, 0.1) is 0 Å². The summed E-state index contributed by atoms with van der Waals surface area (Å²) in [5.41, 5.74) is 3.65. The van der Waals surface area contributed by atoms with E-state index in [1.54, 1.807) is 0 Å². The molecule has 4 rings (SSSR count). The van der Waals surface area contributed by atoms with Crippen molar-refractivity contribution >= 4 is 0 Å². The smallest absolute Gasteiger partial charge is 0.258 e. The van der Waals surface area contributed by atoms with Crippen LogP contribution in [0.2, 0.25) is 0 Å². The zero-order valence-electron chi connectivity index (χ0n) is 12.1. The Morgan fingerprint density at radius 1 is 1.33 bits per heavy atom. The molecule has 0 bridgehead atoms. The molecule has 1 aliphatic heterocycles. The van der Waals surface area contributed by atoms with Gasteiger partial charge in [0.25, 0.3) is 5.89 Å². The van der Waals surface area contributed by atoms with Gasteiger partial charge in [-0.25, -0.2) is 0 Å². The summed E-state index contributed by atoms with van der Waals surface area (Å²) in [5.74, 6) is 1.83. The quantitative estimate of drug-likeness (QED) is 0.915. The average Bonchev–Trinajstić information content (AvgIpc) is 3.03. The summed E-state index contributed by atoms with van der Waals surface area (Å²) in [4.78, 5) is 4.56. The third-order valence-electron chi connectivity index (χ3n) is 4.18. The molecular weight excluding hydrogens is 266 g/mol. The Morgan fingerprint density at radius 3 is 3.00 bits per heavy atom. The highest BCUT2D eigenvalue weighted by Gasteiger charge is 2.36. The van der Waals surface area contributed by atoms with Crippen molar-refractivity contribution in [2.24, 2.45) is 5.92 Å². The lowest BCUT2D eigenvalue weighted by Crippen LogP contribution is -2.08. The number of rotatable bonds is 5. The van der Waals surface area contributed by atoms with Crippen LogP contribution in [0.1, 0.15) is 42.8 Å². The Morgan fingerprint density at radius 2 is 2.19 bits per heavy atom. The summed E-state index contributed by atoms with van der Waals surface area (Å²) in [6.45, 7) is 4.53.